The highest BCUT2D eigenvalue weighted by molar-refractivity contribution is 6.39. The lowest BCUT2D eigenvalue weighted by molar-refractivity contribution is -0.148. The summed E-state index contributed by atoms with van der Waals surface area (Å²) in [6.45, 7) is -1.14. The molecule has 11 nitrogen and oxygen atoms in total. The number of hydrogen-bond donors (Lipinski definition) is 3. The van der Waals surface area contributed by atoms with Crippen LogP contribution in [-0.2, 0) is 17.9 Å². The third-order valence-corrected chi connectivity index (χ3v) is 8.62. The SMILES string of the molecule is COc1nc(-c2cccc(-c3cccc(-c4cnc(CN(CCO)CC(F)(F)F)c(OC)n4)c3Cl)c2Cl)cnc1CNCC1CCC(=O)N1. The van der Waals surface area contributed by atoms with Gasteiger partial charge in [0.15, 0.2) is 0 Å². The van der Waals surface area contributed by atoms with E-state index < -0.39 is 19.3 Å². The second-order valence-corrected chi connectivity index (χ2v) is 12.0. The predicted molar refractivity (Wildman–Crippen MR) is 178 cm³/mol. The summed E-state index contributed by atoms with van der Waals surface area (Å²) in [5.41, 5.74) is 3.88. The van der Waals surface area contributed by atoms with Gasteiger partial charge in [-0.3, -0.25) is 19.7 Å². The van der Waals surface area contributed by atoms with Crippen molar-refractivity contribution >= 4 is 29.1 Å². The number of alkyl halides is 3. The van der Waals surface area contributed by atoms with Gasteiger partial charge < -0.3 is 25.2 Å². The van der Waals surface area contributed by atoms with Crippen LogP contribution in [0.15, 0.2) is 48.8 Å². The first-order valence-corrected chi connectivity index (χ1v) is 16.0. The van der Waals surface area contributed by atoms with Crippen molar-refractivity contribution in [3.8, 4) is 45.4 Å². The number of methoxy groups -OCH3 is 2. The Bertz CT molecular complexity index is 1800. The molecule has 0 saturated carbocycles. The molecule has 0 aliphatic carbocycles. The summed E-state index contributed by atoms with van der Waals surface area (Å²) < 4.78 is 50.1. The molecule has 16 heteroatoms. The number of halogens is 5. The Morgan fingerprint density at radius 2 is 1.49 bits per heavy atom. The van der Waals surface area contributed by atoms with Gasteiger partial charge in [-0.1, -0.05) is 59.6 Å². The van der Waals surface area contributed by atoms with E-state index in [-0.39, 0.29) is 36.6 Å². The predicted octanol–water partition coefficient (Wildman–Crippen LogP) is 5.32. The molecule has 1 fully saturated rings. The zero-order valence-electron chi connectivity index (χ0n) is 26.7. The van der Waals surface area contributed by atoms with E-state index in [1.165, 1.54) is 20.4 Å². The van der Waals surface area contributed by atoms with E-state index in [4.69, 9.17) is 32.7 Å². The Labute approximate surface area is 290 Å². The number of amides is 1. The van der Waals surface area contributed by atoms with E-state index in [2.05, 4.69) is 30.6 Å². The van der Waals surface area contributed by atoms with Gasteiger partial charge in [-0.15, -0.1) is 0 Å². The van der Waals surface area contributed by atoms with Gasteiger partial charge in [0.05, 0.1) is 61.2 Å². The van der Waals surface area contributed by atoms with Gasteiger partial charge in [-0.2, -0.15) is 13.2 Å². The standard InChI is InChI=1S/C33H34Cl2F3N7O4/c1-48-31-26(14-39-13-19-9-10-28(47)42-19)40-15-24(43-31)22-7-3-5-20(29(22)34)21-6-4-8-23(30(21)35)25-16-41-27(32(44-25)49-2)17-45(11-12-46)18-33(36,37)38/h3-8,15-16,19,39,46H,9-14,17-18H2,1-2H3,(H,42,47). The van der Waals surface area contributed by atoms with Gasteiger partial charge in [0, 0.05) is 60.9 Å². The minimum atomic E-state index is -4.46. The Morgan fingerprint density at radius 1 is 0.939 bits per heavy atom. The molecule has 5 rings (SSSR count). The summed E-state index contributed by atoms with van der Waals surface area (Å²) >= 11 is 13.9. The van der Waals surface area contributed by atoms with E-state index in [0.29, 0.717) is 74.8 Å². The number of nitrogens with zero attached hydrogens (tertiary/aromatic N) is 5. The number of aliphatic hydroxyl groups is 1. The molecule has 4 aromatic rings. The van der Waals surface area contributed by atoms with Crippen LogP contribution in [0.5, 0.6) is 11.8 Å². The molecule has 0 spiro atoms. The molecule has 1 atom stereocenters. The van der Waals surface area contributed by atoms with E-state index in [9.17, 15) is 23.1 Å². The number of hydrogen-bond acceptors (Lipinski definition) is 10. The summed E-state index contributed by atoms with van der Waals surface area (Å²) in [7, 11) is 2.86. The van der Waals surface area contributed by atoms with Crippen molar-refractivity contribution in [2.24, 2.45) is 0 Å². The molecule has 2 aromatic heterocycles. The fourth-order valence-corrected chi connectivity index (χ4v) is 6.15. The number of aromatic nitrogens is 4. The normalized spacial score (nSPS) is 14.7. The van der Waals surface area contributed by atoms with Crippen LogP contribution >= 0.6 is 23.2 Å². The van der Waals surface area contributed by atoms with Crippen LogP contribution in [0.25, 0.3) is 33.6 Å². The number of nitrogens with one attached hydrogen (secondary N) is 2. The minimum absolute atomic E-state index is 0.0283. The minimum Gasteiger partial charge on any atom is -0.480 e. The summed E-state index contributed by atoms with van der Waals surface area (Å²) in [4.78, 5) is 30.6. The maximum absolute atomic E-state index is 13.1. The summed E-state index contributed by atoms with van der Waals surface area (Å²) in [6.07, 6.45) is -0.132. The molecule has 260 valence electrons. The van der Waals surface area contributed by atoms with Gasteiger partial charge in [-0.25, -0.2) is 9.97 Å². The van der Waals surface area contributed by atoms with Crippen LogP contribution < -0.4 is 20.1 Å². The molecule has 3 heterocycles. The molecule has 1 unspecified atom stereocenters. The second kappa shape index (κ2) is 16.1. The monoisotopic (exact) mass is 719 g/mol. The fourth-order valence-electron chi connectivity index (χ4n) is 5.50. The quantitative estimate of drug-likeness (QED) is 0.157. The van der Waals surface area contributed by atoms with E-state index in [1.807, 2.05) is 18.2 Å². The molecule has 1 aliphatic heterocycles. The highest BCUT2D eigenvalue weighted by Crippen LogP contribution is 2.42. The number of ether oxygens (including phenoxy) is 2. The molecule has 0 bridgehead atoms. The average Bonchev–Trinajstić information content (AvgIpc) is 3.49. The van der Waals surface area contributed by atoms with Crippen LogP contribution in [0.3, 0.4) is 0 Å². The molecular formula is C33H34Cl2F3N7O4. The van der Waals surface area contributed by atoms with E-state index >= 15 is 0 Å². The Hall–Kier alpha value is -4.08. The van der Waals surface area contributed by atoms with Gasteiger partial charge in [0.25, 0.3) is 0 Å². The first kappa shape index (κ1) is 36.2. The zero-order chi connectivity index (χ0) is 35.1. The van der Waals surface area contributed by atoms with Crippen LogP contribution in [-0.4, -0.2) is 88.5 Å². The molecule has 2 aromatic carbocycles. The molecule has 1 aliphatic rings. The van der Waals surface area contributed by atoms with Gasteiger partial charge >= 0.3 is 6.18 Å². The molecule has 1 amide bonds. The second-order valence-electron chi connectivity index (χ2n) is 11.2. The number of rotatable bonds is 14. The third kappa shape index (κ3) is 8.94. The largest absolute Gasteiger partial charge is 0.480 e. The van der Waals surface area contributed by atoms with Crippen LogP contribution in [0, 0.1) is 0 Å². The maximum Gasteiger partial charge on any atom is 0.401 e. The third-order valence-electron chi connectivity index (χ3n) is 7.81. The molecule has 0 radical (unpaired) electrons. The van der Waals surface area contributed by atoms with Gasteiger partial charge in [0.1, 0.15) is 11.4 Å². The number of carbonyl (C=O) groups is 1. The summed E-state index contributed by atoms with van der Waals surface area (Å²) in [5, 5.41) is 16.1. The van der Waals surface area contributed by atoms with Crippen LogP contribution in [0.1, 0.15) is 24.2 Å². The Balaban J connectivity index is 1.39. The number of aliphatic hydroxyl groups excluding tert-OH is 1. The van der Waals surface area contributed by atoms with Crippen LogP contribution in [0.2, 0.25) is 10.0 Å². The number of benzene rings is 2. The summed E-state index contributed by atoms with van der Waals surface area (Å²) in [5.74, 6) is 0.410. The highest BCUT2D eigenvalue weighted by atomic mass is 35.5. The van der Waals surface area contributed by atoms with Crippen molar-refractivity contribution in [1.29, 1.82) is 0 Å². The molecule has 3 N–H and O–H groups in total. The number of carbonyl (C=O) groups excluding carboxylic acids is 1. The molecule has 1 saturated heterocycles. The first-order valence-electron chi connectivity index (χ1n) is 15.3. The van der Waals surface area contributed by atoms with Crippen molar-refractivity contribution in [1.82, 2.24) is 35.5 Å². The van der Waals surface area contributed by atoms with Crippen molar-refractivity contribution in [2.45, 2.75) is 38.1 Å². The lowest BCUT2D eigenvalue weighted by Crippen LogP contribution is -2.36. The Morgan fingerprint density at radius 3 is 2.00 bits per heavy atom. The smallest absolute Gasteiger partial charge is 0.401 e. The average molecular weight is 721 g/mol. The van der Waals surface area contributed by atoms with Gasteiger partial charge in [-0.05, 0) is 6.42 Å². The maximum atomic E-state index is 13.1. The van der Waals surface area contributed by atoms with E-state index in [0.717, 1.165) is 11.3 Å². The summed E-state index contributed by atoms with van der Waals surface area (Å²) in [6, 6.07) is 10.8. The van der Waals surface area contributed by atoms with Crippen molar-refractivity contribution in [3.05, 3.63) is 70.2 Å². The van der Waals surface area contributed by atoms with Crippen LogP contribution in [0.4, 0.5) is 13.2 Å². The van der Waals surface area contributed by atoms with Gasteiger partial charge in [0.2, 0.25) is 17.7 Å². The van der Waals surface area contributed by atoms with Crippen molar-refractivity contribution in [2.75, 3.05) is 40.5 Å². The lowest BCUT2D eigenvalue weighted by Gasteiger charge is -2.23. The zero-order valence-corrected chi connectivity index (χ0v) is 28.2. The van der Waals surface area contributed by atoms with Crippen molar-refractivity contribution < 1.29 is 32.5 Å². The lowest BCUT2D eigenvalue weighted by atomic mass is 9.98. The van der Waals surface area contributed by atoms with Crippen molar-refractivity contribution in [3.63, 3.8) is 0 Å². The van der Waals surface area contributed by atoms with E-state index in [1.54, 1.807) is 24.4 Å². The molecule has 49 heavy (non-hydrogen) atoms. The highest BCUT2D eigenvalue weighted by Gasteiger charge is 2.31. The topological polar surface area (TPSA) is 135 Å². The molecular weight excluding hydrogens is 686 g/mol. The first-order chi connectivity index (χ1) is 23.5. The Kier molecular flexibility index (Phi) is 11.9. The fraction of sp³-hybridized carbons (Fsp3) is 0.364.